The molecule has 1 N–H and O–H groups in total. The second-order valence-corrected chi connectivity index (χ2v) is 7.05. The van der Waals surface area contributed by atoms with Crippen molar-refractivity contribution in [2.24, 2.45) is 11.8 Å². The molecule has 1 aromatic rings. The number of nitrogens with zero attached hydrogens (tertiary/aromatic N) is 1. The molecular weight excluding hydrogens is 314 g/mol. The standard InChI is InChI=1S/C18H24ClNO3/c19-15-7-1-2-9-17(15)23-12-13-5-4-10-20(11-13)18(22)14-6-3-8-16(14)21/h1-2,7,9,13-14,16,21H,3-6,8,10-12H2. The summed E-state index contributed by atoms with van der Waals surface area (Å²) in [6.07, 6.45) is 4.11. The fourth-order valence-corrected chi connectivity index (χ4v) is 3.82. The van der Waals surface area contributed by atoms with E-state index in [2.05, 4.69) is 0 Å². The van der Waals surface area contributed by atoms with Gasteiger partial charge >= 0.3 is 0 Å². The van der Waals surface area contributed by atoms with Gasteiger partial charge in [-0.3, -0.25) is 4.79 Å². The van der Waals surface area contributed by atoms with Gasteiger partial charge in [0.2, 0.25) is 5.91 Å². The second kappa shape index (κ2) is 7.54. The van der Waals surface area contributed by atoms with Crippen molar-refractivity contribution < 1.29 is 14.6 Å². The minimum atomic E-state index is -0.456. The monoisotopic (exact) mass is 337 g/mol. The number of carbonyl (C=O) groups excluding carboxylic acids is 1. The van der Waals surface area contributed by atoms with Crippen LogP contribution in [0.2, 0.25) is 5.02 Å². The molecule has 23 heavy (non-hydrogen) atoms. The van der Waals surface area contributed by atoms with Crippen LogP contribution in [0.15, 0.2) is 24.3 Å². The van der Waals surface area contributed by atoms with Gasteiger partial charge in [0.15, 0.2) is 0 Å². The smallest absolute Gasteiger partial charge is 0.228 e. The minimum Gasteiger partial charge on any atom is -0.492 e. The summed E-state index contributed by atoms with van der Waals surface area (Å²) in [5.74, 6) is 0.946. The third kappa shape index (κ3) is 3.99. The van der Waals surface area contributed by atoms with Gasteiger partial charge in [-0.05, 0) is 44.2 Å². The highest BCUT2D eigenvalue weighted by atomic mass is 35.5. The molecule has 4 nitrogen and oxygen atoms in total. The summed E-state index contributed by atoms with van der Waals surface area (Å²) in [6, 6.07) is 7.46. The van der Waals surface area contributed by atoms with Gasteiger partial charge in [0.25, 0.3) is 0 Å². The van der Waals surface area contributed by atoms with Gasteiger partial charge in [-0.1, -0.05) is 23.7 Å². The Bertz CT molecular complexity index is 551. The van der Waals surface area contributed by atoms with Crippen LogP contribution in [0.1, 0.15) is 32.1 Å². The van der Waals surface area contributed by atoms with Gasteiger partial charge < -0.3 is 14.7 Å². The van der Waals surface area contributed by atoms with Crippen LogP contribution in [0.4, 0.5) is 0 Å². The lowest BCUT2D eigenvalue weighted by Gasteiger charge is -2.34. The molecule has 1 saturated heterocycles. The van der Waals surface area contributed by atoms with Crippen LogP contribution in [0, 0.1) is 11.8 Å². The number of hydrogen-bond acceptors (Lipinski definition) is 3. The van der Waals surface area contributed by atoms with E-state index in [1.165, 1.54) is 0 Å². The average Bonchev–Trinajstić information content (AvgIpc) is 3.00. The zero-order valence-corrected chi connectivity index (χ0v) is 14.0. The highest BCUT2D eigenvalue weighted by Crippen LogP contribution is 2.30. The summed E-state index contributed by atoms with van der Waals surface area (Å²) in [5.41, 5.74) is 0. The molecule has 1 aromatic carbocycles. The Balaban J connectivity index is 1.54. The summed E-state index contributed by atoms with van der Waals surface area (Å²) in [5, 5.41) is 10.6. The van der Waals surface area contributed by atoms with Crippen LogP contribution in [0.3, 0.4) is 0 Å². The number of halogens is 1. The van der Waals surface area contributed by atoms with Crippen LogP contribution >= 0.6 is 11.6 Å². The minimum absolute atomic E-state index is 0.123. The Labute approximate surface area is 142 Å². The molecule has 3 atom stereocenters. The summed E-state index contributed by atoms with van der Waals surface area (Å²) < 4.78 is 5.83. The SMILES string of the molecule is O=C(C1CCCC1O)N1CCCC(COc2ccccc2Cl)C1. The highest BCUT2D eigenvalue weighted by Gasteiger charge is 2.36. The zero-order chi connectivity index (χ0) is 16.2. The molecule has 2 fully saturated rings. The molecule has 0 radical (unpaired) electrons. The van der Waals surface area contributed by atoms with Crippen molar-refractivity contribution in [3.8, 4) is 5.75 Å². The number of hydrogen-bond donors (Lipinski definition) is 1. The summed E-state index contributed by atoms with van der Waals surface area (Å²) in [4.78, 5) is 14.5. The van der Waals surface area contributed by atoms with E-state index in [1.54, 1.807) is 0 Å². The average molecular weight is 338 g/mol. The van der Waals surface area contributed by atoms with Gasteiger partial charge in [0, 0.05) is 19.0 Å². The van der Waals surface area contributed by atoms with Crippen molar-refractivity contribution in [3.05, 3.63) is 29.3 Å². The third-order valence-electron chi connectivity index (χ3n) is 4.94. The summed E-state index contributed by atoms with van der Waals surface area (Å²) >= 11 is 6.11. The Morgan fingerprint density at radius 3 is 2.83 bits per heavy atom. The van der Waals surface area contributed by atoms with Crippen molar-refractivity contribution in [1.29, 1.82) is 0 Å². The first kappa shape index (κ1) is 16.6. The number of rotatable bonds is 4. The van der Waals surface area contributed by atoms with Crippen LogP contribution in [0.5, 0.6) is 5.75 Å². The van der Waals surface area contributed by atoms with Crippen LogP contribution in [-0.2, 0) is 4.79 Å². The molecule has 126 valence electrons. The number of piperidine rings is 1. The predicted molar refractivity (Wildman–Crippen MR) is 89.6 cm³/mol. The van der Waals surface area contributed by atoms with Gasteiger partial charge in [-0.2, -0.15) is 0 Å². The molecule has 3 rings (SSSR count). The van der Waals surface area contributed by atoms with Gasteiger partial charge in [0.1, 0.15) is 5.75 Å². The number of likely N-dealkylation sites (tertiary alicyclic amines) is 1. The topological polar surface area (TPSA) is 49.8 Å². The molecule has 1 aliphatic heterocycles. The van der Waals surface area contributed by atoms with E-state index in [0.29, 0.717) is 29.8 Å². The lowest BCUT2D eigenvalue weighted by molar-refractivity contribution is -0.140. The molecule has 1 amide bonds. The number of para-hydroxylation sites is 1. The number of carbonyl (C=O) groups is 1. The maximum absolute atomic E-state index is 12.6. The van der Waals surface area contributed by atoms with Crippen molar-refractivity contribution in [2.75, 3.05) is 19.7 Å². The van der Waals surface area contributed by atoms with E-state index in [-0.39, 0.29) is 11.8 Å². The Morgan fingerprint density at radius 1 is 1.26 bits per heavy atom. The lowest BCUT2D eigenvalue weighted by atomic mass is 9.96. The van der Waals surface area contributed by atoms with E-state index in [0.717, 1.165) is 38.6 Å². The number of ether oxygens (including phenoxy) is 1. The zero-order valence-electron chi connectivity index (χ0n) is 13.3. The Morgan fingerprint density at radius 2 is 2.09 bits per heavy atom. The highest BCUT2D eigenvalue weighted by molar-refractivity contribution is 6.32. The third-order valence-corrected chi connectivity index (χ3v) is 5.25. The van der Waals surface area contributed by atoms with Crippen LogP contribution in [-0.4, -0.2) is 41.7 Å². The maximum atomic E-state index is 12.6. The molecule has 2 aliphatic rings. The van der Waals surface area contributed by atoms with Gasteiger partial charge in [-0.25, -0.2) is 0 Å². The first-order valence-electron chi connectivity index (χ1n) is 8.49. The van der Waals surface area contributed by atoms with Crippen molar-refractivity contribution >= 4 is 17.5 Å². The lowest BCUT2D eigenvalue weighted by Crippen LogP contribution is -2.45. The Hall–Kier alpha value is -1.26. The van der Waals surface area contributed by atoms with E-state index in [1.807, 2.05) is 29.2 Å². The predicted octanol–water partition coefficient (Wildman–Crippen LogP) is 3.12. The quantitative estimate of drug-likeness (QED) is 0.918. The summed E-state index contributed by atoms with van der Waals surface area (Å²) in [7, 11) is 0. The molecule has 1 saturated carbocycles. The molecule has 5 heteroatoms. The van der Waals surface area contributed by atoms with E-state index in [4.69, 9.17) is 16.3 Å². The van der Waals surface area contributed by atoms with Gasteiger partial charge in [0.05, 0.1) is 23.7 Å². The van der Waals surface area contributed by atoms with E-state index < -0.39 is 6.10 Å². The normalized spacial score (nSPS) is 27.9. The molecule has 0 bridgehead atoms. The second-order valence-electron chi connectivity index (χ2n) is 6.64. The van der Waals surface area contributed by atoms with E-state index in [9.17, 15) is 9.90 Å². The molecule has 0 spiro atoms. The molecule has 1 heterocycles. The molecule has 1 aliphatic carbocycles. The van der Waals surface area contributed by atoms with Crippen LogP contribution < -0.4 is 4.74 Å². The molecular formula is C18H24ClNO3. The largest absolute Gasteiger partial charge is 0.492 e. The number of aliphatic hydroxyl groups is 1. The number of amides is 1. The first-order valence-corrected chi connectivity index (χ1v) is 8.87. The number of aliphatic hydroxyl groups excluding tert-OH is 1. The van der Waals surface area contributed by atoms with Gasteiger partial charge in [-0.15, -0.1) is 0 Å². The first-order chi connectivity index (χ1) is 11.1. The fourth-order valence-electron chi connectivity index (χ4n) is 3.63. The Kier molecular flexibility index (Phi) is 5.44. The fraction of sp³-hybridized carbons (Fsp3) is 0.611. The van der Waals surface area contributed by atoms with Crippen molar-refractivity contribution in [1.82, 2.24) is 4.90 Å². The summed E-state index contributed by atoms with van der Waals surface area (Å²) in [6.45, 7) is 2.08. The van der Waals surface area contributed by atoms with Crippen molar-refractivity contribution in [2.45, 2.75) is 38.2 Å². The maximum Gasteiger partial charge on any atom is 0.228 e. The van der Waals surface area contributed by atoms with Crippen molar-refractivity contribution in [3.63, 3.8) is 0 Å². The molecule has 3 unspecified atom stereocenters. The van der Waals surface area contributed by atoms with Crippen LogP contribution in [0.25, 0.3) is 0 Å². The molecule has 0 aromatic heterocycles. The van der Waals surface area contributed by atoms with E-state index >= 15 is 0 Å². The number of benzene rings is 1.